The van der Waals surface area contributed by atoms with Crippen LogP contribution in [0.25, 0.3) is 5.69 Å². The summed E-state index contributed by atoms with van der Waals surface area (Å²) >= 11 is 0. The average Bonchev–Trinajstić information content (AvgIpc) is 3.01. The number of aryl methyl sites for hydroxylation is 1. The topological polar surface area (TPSA) is 46.9 Å². The summed E-state index contributed by atoms with van der Waals surface area (Å²) in [6.07, 6.45) is 2.33. The Morgan fingerprint density at radius 1 is 1.17 bits per heavy atom. The number of nitrogens with zero attached hydrogens (tertiary/aromatic N) is 2. The van der Waals surface area contributed by atoms with Crippen LogP contribution in [0.2, 0.25) is 0 Å². The van der Waals surface area contributed by atoms with Crippen LogP contribution in [0, 0.1) is 12.7 Å². The number of hydrogen-bond donors (Lipinski definition) is 1. The third-order valence-corrected chi connectivity index (χ3v) is 3.79. The molecule has 24 heavy (non-hydrogen) atoms. The number of hydrogen-bond acceptors (Lipinski definition) is 2. The van der Waals surface area contributed by atoms with Gasteiger partial charge >= 0.3 is 0 Å². The highest BCUT2D eigenvalue weighted by Gasteiger charge is 2.07. The van der Waals surface area contributed by atoms with Crippen molar-refractivity contribution in [3.05, 3.63) is 83.4 Å². The number of aromatic nitrogens is 2. The van der Waals surface area contributed by atoms with Crippen molar-refractivity contribution in [3.63, 3.8) is 0 Å². The molecule has 0 fully saturated rings. The molecule has 0 aliphatic carbocycles. The molecule has 0 saturated heterocycles. The summed E-state index contributed by atoms with van der Waals surface area (Å²) < 4.78 is 14.9. The van der Waals surface area contributed by atoms with Crippen molar-refractivity contribution in [2.45, 2.75) is 13.3 Å². The van der Waals surface area contributed by atoms with Crippen molar-refractivity contribution < 1.29 is 9.18 Å². The molecule has 0 bridgehead atoms. The van der Waals surface area contributed by atoms with Crippen LogP contribution in [0.5, 0.6) is 0 Å². The Bertz CT molecular complexity index is 840. The van der Waals surface area contributed by atoms with Crippen LogP contribution in [0.3, 0.4) is 0 Å². The second-order valence-electron chi connectivity index (χ2n) is 5.57. The molecular formula is C19H18FN3O. The van der Waals surface area contributed by atoms with Gasteiger partial charge in [0, 0.05) is 24.0 Å². The third-order valence-electron chi connectivity index (χ3n) is 3.79. The monoisotopic (exact) mass is 323 g/mol. The lowest BCUT2D eigenvalue weighted by Gasteiger charge is -2.08. The molecule has 3 rings (SSSR count). The Hall–Kier alpha value is -2.95. The maximum absolute atomic E-state index is 13.1. The summed E-state index contributed by atoms with van der Waals surface area (Å²) in [6, 6.07) is 15.6. The molecule has 0 saturated carbocycles. The Morgan fingerprint density at radius 2 is 1.96 bits per heavy atom. The summed E-state index contributed by atoms with van der Waals surface area (Å²) in [4.78, 5) is 12.2. The molecule has 1 amide bonds. The Morgan fingerprint density at radius 3 is 2.62 bits per heavy atom. The Kier molecular flexibility index (Phi) is 4.70. The maximum Gasteiger partial charge on any atom is 0.251 e. The van der Waals surface area contributed by atoms with Gasteiger partial charge in [-0.3, -0.25) is 4.79 Å². The second-order valence-corrected chi connectivity index (χ2v) is 5.57. The first-order chi connectivity index (χ1) is 11.6. The van der Waals surface area contributed by atoms with Gasteiger partial charge in [0.05, 0.1) is 5.69 Å². The van der Waals surface area contributed by atoms with Gasteiger partial charge < -0.3 is 5.32 Å². The number of halogens is 1. The highest BCUT2D eigenvalue weighted by molar-refractivity contribution is 5.94. The standard InChI is InChI=1S/C19H18FN3O/c1-14-9-12-22-23(14)18-7-5-16(6-8-18)19(24)21-11-10-15-3-2-4-17(20)13-15/h2-9,12-13H,10-11H2,1H3,(H,21,24). The lowest BCUT2D eigenvalue weighted by Crippen LogP contribution is -2.25. The predicted molar refractivity (Wildman–Crippen MR) is 90.7 cm³/mol. The van der Waals surface area contributed by atoms with E-state index in [0.29, 0.717) is 18.5 Å². The third kappa shape index (κ3) is 3.68. The van der Waals surface area contributed by atoms with E-state index in [1.54, 1.807) is 24.4 Å². The van der Waals surface area contributed by atoms with Crippen LogP contribution < -0.4 is 5.32 Å². The second kappa shape index (κ2) is 7.08. The SMILES string of the molecule is Cc1ccnn1-c1ccc(C(=O)NCCc2cccc(F)c2)cc1. The molecule has 3 aromatic rings. The predicted octanol–water partition coefficient (Wildman–Crippen LogP) is 3.29. The van der Waals surface area contributed by atoms with E-state index in [9.17, 15) is 9.18 Å². The van der Waals surface area contributed by atoms with Crippen LogP contribution in [-0.2, 0) is 6.42 Å². The summed E-state index contributed by atoms with van der Waals surface area (Å²) in [5.41, 5.74) is 3.39. The van der Waals surface area contributed by atoms with Gasteiger partial charge in [-0.25, -0.2) is 9.07 Å². The van der Waals surface area contributed by atoms with Crippen molar-refractivity contribution in [2.75, 3.05) is 6.54 Å². The van der Waals surface area contributed by atoms with Gasteiger partial charge in [0.25, 0.3) is 5.91 Å². The molecule has 0 radical (unpaired) electrons. The lowest BCUT2D eigenvalue weighted by atomic mass is 10.1. The highest BCUT2D eigenvalue weighted by Crippen LogP contribution is 2.11. The smallest absolute Gasteiger partial charge is 0.251 e. The molecule has 0 spiro atoms. The van der Waals surface area contributed by atoms with Crippen molar-refractivity contribution in [2.24, 2.45) is 0 Å². The van der Waals surface area contributed by atoms with E-state index in [0.717, 1.165) is 16.9 Å². The first kappa shape index (κ1) is 15.9. The minimum Gasteiger partial charge on any atom is -0.352 e. The van der Waals surface area contributed by atoms with E-state index in [-0.39, 0.29) is 11.7 Å². The van der Waals surface area contributed by atoms with Crippen molar-refractivity contribution in [3.8, 4) is 5.69 Å². The van der Waals surface area contributed by atoms with Gasteiger partial charge in [-0.1, -0.05) is 12.1 Å². The molecule has 1 N–H and O–H groups in total. The molecule has 1 heterocycles. The Labute approximate surface area is 139 Å². The Balaban J connectivity index is 1.58. The number of amides is 1. The van der Waals surface area contributed by atoms with Gasteiger partial charge in [0.1, 0.15) is 5.82 Å². The number of carbonyl (C=O) groups is 1. The zero-order valence-electron chi connectivity index (χ0n) is 13.4. The normalized spacial score (nSPS) is 10.6. The fourth-order valence-corrected chi connectivity index (χ4v) is 2.51. The molecule has 4 nitrogen and oxygen atoms in total. The quantitative estimate of drug-likeness (QED) is 0.783. The van der Waals surface area contributed by atoms with Gasteiger partial charge in [-0.2, -0.15) is 5.10 Å². The largest absolute Gasteiger partial charge is 0.352 e. The van der Waals surface area contributed by atoms with Crippen LogP contribution in [0.1, 0.15) is 21.6 Å². The van der Waals surface area contributed by atoms with Gasteiger partial charge in [0.15, 0.2) is 0 Å². The number of nitrogens with one attached hydrogen (secondary N) is 1. The molecule has 2 aromatic carbocycles. The fraction of sp³-hybridized carbons (Fsp3) is 0.158. The van der Waals surface area contributed by atoms with Gasteiger partial charge in [-0.15, -0.1) is 0 Å². The summed E-state index contributed by atoms with van der Waals surface area (Å²) in [6.45, 7) is 2.43. The summed E-state index contributed by atoms with van der Waals surface area (Å²) in [5.74, 6) is -0.404. The van der Waals surface area contributed by atoms with Crippen LogP contribution in [0.4, 0.5) is 4.39 Å². The van der Waals surface area contributed by atoms with E-state index < -0.39 is 0 Å². The van der Waals surface area contributed by atoms with Crippen LogP contribution >= 0.6 is 0 Å². The number of rotatable bonds is 5. The van der Waals surface area contributed by atoms with Gasteiger partial charge in [-0.05, 0) is 61.4 Å². The van der Waals surface area contributed by atoms with Crippen LogP contribution in [0.15, 0.2) is 60.8 Å². The maximum atomic E-state index is 13.1. The van der Waals surface area contributed by atoms with E-state index in [2.05, 4.69) is 10.4 Å². The fourth-order valence-electron chi connectivity index (χ4n) is 2.51. The molecule has 122 valence electrons. The number of benzene rings is 2. The van der Waals surface area contributed by atoms with E-state index in [1.165, 1.54) is 12.1 Å². The zero-order chi connectivity index (χ0) is 16.9. The van der Waals surface area contributed by atoms with Crippen molar-refractivity contribution in [1.29, 1.82) is 0 Å². The first-order valence-electron chi connectivity index (χ1n) is 7.77. The molecule has 1 aromatic heterocycles. The minimum absolute atomic E-state index is 0.143. The van der Waals surface area contributed by atoms with E-state index in [1.807, 2.05) is 35.9 Å². The molecule has 0 aliphatic heterocycles. The van der Waals surface area contributed by atoms with Crippen molar-refractivity contribution >= 4 is 5.91 Å². The first-order valence-corrected chi connectivity index (χ1v) is 7.77. The molecular weight excluding hydrogens is 305 g/mol. The molecule has 0 atom stereocenters. The van der Waals surface area contributed by atoms with Gasteiger partial charge in [0.2, 0.25) is 0 Å². The highest BCUT2D eigenvalue weighted by atomic mass is 19.1. The summed E-state index contributed by atoms with van der Waals surface area (Å²) in [7, 11) is 0. The van der Waals surface area contributed by atoms with Crippen LogP contribution in [-0.4, -0.2) is 22.2 Å². The van der Waals surface area contributed by atoms with Crippen molar-refractivity contribution in [1.82, 2.24) is 15.1 Å². The summed E-state index contributed by atoms with van der Waals surface area (Å²) in [5, 5.41) is 7.08. The van der Waals surface area contributed by atoms with E-state index >= 15 is 0 Å². The average molecular weight is 323 g/mol. The number of carbonyl (C=O) groups excluding carboxylic acids is 1. The van der Waals surface area contributed by atoms with E-state index in [4.69, 9.17) is 0 Å². The molecule has 0 unspecified atom stereocenters. The zero-order valence-corrected chi connectivity index (χ0v) is 13.4. The molecule has 0 aliphatic rings. The lowest BCUT2D eigenvalue weighted by molar-refractivity contribution is 0.0954. The minimum atomic E-state index is -0.261. The molecule has 5 heteroatoms.